The molecular weight excluding hydrogens is 256 g/mol. The highest BCUT2D eigenvalue weighted by Crippen LogP contribution is 2.33. The Morgan fingerprint density at radius 2 is 2.20 bits per heavy atom. The van der Waals surface area contributed by atoms with E-state index in [1.807, 2.05) is 25.2 Å². The molecule has 2 aliphatic heterocycles. The minimum atomic E-state index is 0.0560. The molecule has 2 unspecified atom stereocenters. The summed E-state index contributed by atoms with van der Waals surface area (Å²) in [5.74, 6) is 0.141. The molecule has 5 nitrogen and oxygen atoms in total. The molecule has 5 heteroatoms. The maximum atomic E-state index is 12.0. The maximum Gasteiger partial charge on any atom is 0.228 e. The van der Waals surface area contributed by atoms with Crippen LogP contribution < -0.4 is 10.2 Å². The smallest absolute Gasteiger partial charge is 0.228 e. The van der Waals surface area contributed by atoms with Crippen molar-refractivity contribution in [1.82, 2.24) is 5.32 Å². The van der Waals surface area contributed by atoms with E-state index in [1.54, 1.807) is 4.90 Å². The van der Waals surface area contributed by atoms with Crippen LogP contribution in [0.3, 0.4) is 0 Å². The van der Waals surface area contributed by atoms with Crippen LogP contribution in [-0.4, -0.2) is 45.4 Å². The van der Waals surface area contributed by atoms with Gasteiger partial charge in [-0.15, -0.1) is 0 Å². The van der Waals surface area contributed by atoms with E-state index < -0.39 is 0 Å². The molecule has 2 aliphatic rings. The Morgan fingerprint density at radius 1 is 1.35 bits per heavy atom. The van der Waals surface area contributed by atoms with Crippen molar-refractivity contribution < 1.29 is 14.3 Å². The number of amides is 1. The largest absolute Gasteiger partial charge is 0.376 e. The van der Waals surface area contributed by atoms with Gasteiger partial charge in [-0.2, -0.15) is 0 Å². The van der Waals surface area contributed by atoms with Gasteiger partial charge in [-0.3, -0.25) is 4.79 Å². The number of rotatable bonds is 3. The van der Waals surface area contributed by atoms with Crippen LogP contribution in [0.4, 0.5) is 5.69 Å². The van der Waals surface area contributed by atoms with E-state index in [2.05, 4.69) is 11.4 Å². The standard InChI is InChI=1S/C15H20N2O3/c1-17-14-5-3-2-4-12(14)13(8-15(17)18)16-9-11-10-19-6-7-20-11/h2-5,11,13,16H,6-10H2,1H3. The summed E-state index contributed by atoms with van der Waals surface area (Å²) < 4.78 is 11.0. The van der Waals surface area contributed by atoms with E-state index in [0.717, 1.165) is 5.69 Å². The number of para-hydroxylation sites is 1. The summed E-state index contributed by atoms with van der Waals surface area (Å²) in [5.41, 5.74) is 2.16. The highest BCUT2D eigenvalue weighted by Gasteiger charge is 2.29. The molecule has 1 aromatic rings. The van der Waals surface area contributed by atoms with Crippen LogP contribution in [0.25, 0.3) is 0 Å². The number of benzene rings is 1. The zero-order valence-electron chi connectivity index (χ0n) is 11.7. The van der Waals surface area contributed by atoms with Crippen molar-refractivity contribution in [2.45, 2.75) is 18.6 Å². The molecule has 0 radical (unpaired) electrons. The van der Waals surface area contributed by atoms with E-state index in [-0.39, 0.29) is 18.1 Å². The molecule has 1 N–H and O–H groups in total. The van der Waals surface area contributed by atoms with Crippen LogP contribution >= 0.6 is 0 Å². The first kappa shape index (κ1) is 13.5. The molecule has 2 atom stereocenters. The first-order valence-corrected chi connectivity index (χ1v) is 7.04. The first-order valence-electron chi connectivity index (χ1n) is 7.04. The predicted octanol–water partition coefficient (Wildman–Crippen LogP) is 1.10. The number of anilines is 1. The second-order valence-corrected chi connectivity index (χ2v) is 5.24. The molecule has 0 saturated carbocycles. The van der Waals surface area contributed by atoms with Crippen LogP contribution in [0.2, 0.25) is 0 Å². The highest BCUT2D eigenvalue weighted by atomic mass is 16.6. The van der Waals surface area contributed by atoms with Crippen molar-refractivity contribution in [3.8, 4) is 0 Å². The van der Waals surface area contributed by atoms with Gasteiger partial charge in [0.1, 0.15) is 0 Å². The number of nitrogens with zero attached hydrogens (tertiary/aromatic N) is 1. The lowest BCUT2D eigenvalue weighted by Gasteiger charge is -2.33. The van der Waals surface area contributed by atoms with Gasteiger partial charge in [-0.25, -0.2) is 0 Å². The normalized spacial score (nSPS) is 26.4. The SMILES string of the molecule is CN1C(=O)CC(NCC2COCCO2)c2ccccc21. The number of fused-ring (bicyclic) bond motifs is 1. The minimum Gasteiger partial charge on any atom is -0.376 e. The molecule has 0 aliphatic carbocycles. The van der Waals surface area contributed by atoms with E-state index in [0.29, 0.717) is 32.8 Å². The lowest BCUT2D eigenvalue weighted by Crippen LogP contribution is -2.42. The molecule has 1 saturated heterocycles. The number of hydrogen-bond donors (Lipinski definition) is 1. The van der Waals surface area contributed by atoms with Crippen molar-refractivity contribution in [2.75, 3.05) is 38.3 Å². The van der Waals surface area contributed by atoms with Crippen LogP contribution in [-0.2, 0) is 14.3 Å². The van der Waals surface area contributed by atoms with E-state index in [9.17, 15) is 4.79 Å². The van der Waals surface area contributed by atoms with Gasteiger partial charge in [0, 0.05) is 31.7 Å². The summed E-state index contributed by atoms with van der Waals surface area (Å²) in [6.45, 7) is 2.65. The van der Waals surface area contributed by atoms with Gasteiger partial charge in [-0.1, -0.05) is 18.2 Å². The van der Waals surface area contributed by atoms with Crippen LogP contribution in [0, 0.1) is 0 Å². The highest BCUT2D eigenvalue weighted by molar-refractivity contribution is 5.96. The Labute approximate surface area is 118 Å². The number of carbonyl (C=O) groups excluding carboxylic acids is 1. The van der Waals surface area contributed by atoms with E-state index >= 15 is 0 Å². The lowest BCUT2D eigenvalue weighted by molar-refractivity contribution is -0.119. The van der Waals surface area contributed by atoms with Gasteiger partial charge in [-0.05, 0) is 11.6 Å². The molecule has 0 spiro atoms. The summed E-state index contributed by atoms with van der Waals surface area (Å²) in [7, 11) is 1.83. The fourth-order valence-electron chi connectivity index (χ4n) is 2.75. The molecular formula is C15H20N2O3. The predicted molar refractivity (Wildman–Crippen MR) is 75.8 cm³/mol. The van der Waals surface area contributed by atoms with Gasteiger partial charge >= 0.3 is 0 Å². The third-order valence-electron chi connectivity index (χ3n) is 3.90. The third-order valence-corrected chi connectivity index (χ3v) is 3.90. The molecule has 1 amide bonds. The monoisotopic (exact) mass is 276 g/mol. The summed E-state index contributed by atoms with van der Waals surface area (Å²) >= 11 is 0. The van der Waals surface area contributed by atoms with Crippen molar-refractivity contribution >= 4 is 11.6 Å². The van der Waals surface area contributed by atoms with Crippen molar-refractivity contribution in [1.29, 1.82) is 0 Å². The molecule has 1 aromatic carbocycles. The lowest BCUT2D eigenvalue weighted by atomic mass is 9.96. The van der Waals surface area contributed by atoms with Crippen molar-refractivity contribution in [2.24, 2.45) is 0 Å². The minimum absolute atomic E-state index is 0.0560. The number of hydrogen-bond acceptors (Lipinski definition) is 4. The Balaban J connectivity index is 1.70. The maximum absolute atomic E-state index is 12.0. The van der Waals surface area contributed by atoms with Gasteiger partial charge in [0.05, 0.1) is 25.9 Å². The van der Waals surface area contributed by atoms with Gasteiger partial charge in [0.15, 0.2) is 0 Å². The average molecular weight is 276 g/mol. The number of ether oxygens (including phenoxy) is 2. The summed E-state index contributed by atoms with van der Waals surface area (Å²) in [6, 6.07) is 8.09. The molecule has 3 rings (SSSR count). The summed E-state index contributed by atoms with van der Waals surface area (Å²) in [6.07, 6.45) is 0.562. The fourth-order valence-corrected chi connectivity index (χ4v) is 2.75. The molecule has 0 bridgehead atoms. The Morgan fingerprint density at radius 3 is 3.00 bits per heavy atom. The number of nitrogens with one attached hydrogen (secondary N) is 1. The average Bonchev–Trinajstić information content (AvgIpc) is 2.50. The van der Waals surface area contributed by atoms with Gasteiger partial charge in [0.25, 0.3) is 0 Å². The van der Waals surface area contributed by atoms with E-state index in [1.165, 1.54) is 5.56 Å². The second kappa shape index (κ2) is 5.91. The zero-order chi connectivity index (χ0) is 13.9. The van der Waals surface area contributed by atoms with Gasteiger partial charge in [0.2, 0.25) is 5.91 Å². The second-order valence-electron chi connectivity index (χ2n) is 5.24. The fraction of sp³-hybridized carbons (Fsp3) is 0.533. The third kappa shape index (κ3) is 2.70. The van der Waals surface area contributed by atoms with Crippen LogP contribution in [0.1, 0.15) is 18.0 Å². The van der Waals surface area contributed by atoms with Crippen molar-refractivity contribution in [3.05, 3.63) is 29.8 Å². The first-order chi connectivity index (χ1) is 9.75. The summed E-state index contributed by atoms with van der Waals surface area (Å²) in [5, 5.41) is 3.45. The molecule has 20 heavy (non-hydrogen) atoms. The number of carbonyl (C=O) groups is 1. The molecule has 2 heterocycles. The van der Waals surface area contributed by atoms with E-state index in [4.69, 9.17) is 9.47 Å². The Bertz CT molecular complexity index is 486. The summed E-state index contributed by atoms with van der Waals surface area (Å²) in [4.78, 5) is 13.8. The molecule has 108 valence electrons. The van der Waals surface area contributed by atoms with Crippen LogP contribution in [0.15, 0.2) is 24.3 Å². The quantitative estimate of drug-likeness (QED) is 0.898. The van der Waals surface area contributed by atoms with Crippen molar-refractivity contribution in [3.63, 3.8) is 0 Å². The Hall–Kier alpha value is -1.43. The Kier molecular flexibility index (Phi) is 4.00. The van der Waals surface area contributed by atoms with Crippen LogP contribution in [0.5, 0.6) is 0 Å². The molecule has 0 aromatic heterocycles. The zero-order valence-corrected chi connectivity index (χ0v) is 11.7. The topological polar surface area (TPSA) is 50.8 Å². The molecule has 1 fully saturated rings. The van der Waals surface area contributed by atoms with Gasteiger partial charge < -0.3 is 19.7 Å².